The third-order valence-corrected chi connectivity index (χ3v) is 2.87. The van der Waals surface area contributed by atoms with Gasteiger partial charge in [-0.1, -0.05) is 0 Å². The quantitative estimate of drug-likeness (QED) is 0.467. The van der Waals surface area contributed by atoms with Gasteiger partial charge in [-0.15, -0.1) is 0 Å². The predicted octanol–water partition coefficient (Wildman–Crippen LogP) is 2.27. The molecule has 0 saturated carbocycles. The van der Waals surface area contributed by atoms with Crippen molar-refractivity contribution in [2.75, 3.05) is 5.01 Å². The van der Waals surface area contributed by atoms with Crippen LogP contribution in [0.5, 0.6) is 0 Å². The molecule has 0 aliphatic carbocycles. The normalized spacial score (nSPS) is 10.0. The van der Waals surface area contributed by atoms with E-state index >= 15 is 0 Å². The van der Waals surface area contributed by atoms with E-state index in [0.717, 1.165) is 5.01 Å². The summed E-state index contributed by atoms with van der Waals surface area (Å²) >= 11 is 11.0. The van der Waals surface area contributed by atoms with Crippen molar-refractivity contribution in [3.63, 3.8) is 0 Å². The molecule has 0 amide bonds. The van der Waals surface area contributed by atoms with Crippen molar-refractivity contribution in [2.24, 2.45) is 11.6 Å². The number of benzene rings is 1. The molecule has 0 fully saturated rings. The van der Waals surface area contributed by atoms with Crippen LogP contribution >= 0.6 is 44.1 Å². The van der Waals surface area contributed by atoms with Crippen molar-refractivity contribution in [3.8, 4) is 0 Å². The fourth-order valence-electron chi connectivity index (χ4n) is 0.875. The summed E-state index contributed by atoms with van der Waals surface area (Å²) < 4.78 is 13.8. The van der Waals surface area contributed by atoms with Crippen LogP contribution in [0.3, 0.4) is 0 Å². The van der Waals surface area contributed by atoms with E-state index < -0.39 is 0 Å². The number of hydrogen-bond acceptors (Lipinski definition) is 2. The van der Waals surface area contributed by atoms with Crippen LogP contribution in [-0.2, 0) is 0 Å². The van der Waals surface area contributed by atoms with Gasteiger partial charge in [0.05, 0.1) is 5.69 Å². The second-order valence-corrected chi connectivity index (χ2v) is 4.55. The summed E-state index contributed by atoms with van der Waals surface area (Å²) in [5, 5.41) is 1.08. The third kappa shape index (κ3) is 2.41. The first-order chi connectivity index (χ1) is 6.43. The first kappa shape index (κ1) is 11.8. The van der Waals surface area contributed by atoms with Gasteiger partial charge in [0.1, 0.15) is 5.82 Å². The summed E-state index contributed by atoms with van der Waals surface area (Å²) in [5.41, 5.74) is 5.83. The summed E-state index contributed by atoms with van der Waals surface area (Å²) in [6.07, 6.45) is 0. The number of anilines is 1. The van der Waals surface area contributed by atoms with E-state index in [1.54, 1.807) is 0 Å². The van der Waals surface area contributed by atoms with Crippen LogP contribution in [-0.4, -0.2) is 5.11 Å². The van der Waals surface area contributed by atoms with Crippen LogP contribution in [0.2, 0.25) is 0 Å². The number of thiocarbonyl (C=S) groups is 1. The summed E-state index contributed by atoms with van der Waals surface area (Å²) in [7, 11) is 0. The van der Waals surface area contributed by atoms with E-state index in [4.69, 9.17) is 23.8 Å². The van der Waals surface area contributed by atoms with Crippen LogP contribution in [0, 0.1) is 5.82 Å². The van der Waals surface area contributed by atoms with Gasteiger partial charge in [-0.05, 0) is 56.2 Å². The fourth-order valence-corrected chi connectivity index (χ4v) is 2.48. The van der Waals surface area contributed by atoms with Crippen LogP contribution in [0.1, 0.15) is 0 Å². The molecule has 14 heavy (non-hydrogen) atoms. The van der Waals surface area contributed by atoms with Gasteiger partial charge in [0, 0.05) is 8.95 Å². The maximum Gasteiger partial charge on any atom is 0.185 e. The molecule has 0 aromatic heterocycles. The largest absolute Gasteiger partial charge is 0.375 e. The molecule has 76 valence electrons. The van der Waals surface area contributed by atoms with Gasteiger partial charge in [0.25, 0.3) is 0 Å². The SMILES string of the molecule is NC(=S)N(N)c1c(Br)cc(F)cc1Br. The summed E-state index contributed by atoms with van der Waals surface area (Å²) in [6.45, 7) is 0. The van der Waals surface area contributed by atoms with Gasteiger partial charge in [0.15, 0.2) is 5.11 Å². The van der Waals surface area contributed by atoms with E-state index in [-0.39, 0.29) is 10.9 Å². The number of nitrogens with zero attached hydrogens (tertiary/aromatic N) is 1. The maximum atomic E-state index is 12.9. The average molecular weight is 343 g/mol. The van der Waals surface area contributed by atoms with Crippen molar-refractivity contribution in [1.29, 1.82) is 0 Å². The lowest BCUT2D eigenvalue weighted by molar-refractivity contribution is 0.626. The molecule has 0 atom stereocenters. The number of hydrazine groups is 1. The lowest BCUT2D eigenvalue weighted by Crippen LogP contribution is -2.41. The topological polar surface area (TPSA) is 55.3 Å². The molecule has 0 aliphatic heterocycles. The highest BCUT2D eigenvalue weighted by Crippen LogP contribution is 2.33. The molecule has 1 aromatic carbocycles. The van der Waals surface area contributed by atoms with E-state index in [9.17, 15) is 4.39 Å². The standard InChI is InChI=1S/C7H6Br2FN3S/c8-4-1-3(10)2-5(9)6(4)13(12)7(11)14/h1-2H,12H2,(H2,11,14). The highest BCUT2D eigenvalue weighted by atomic mass is 79.9. The second-order valence-electron chi connectivity index (χ2n) is 2.43. The van der Waals surface area contributed by atoms with Crippen molar-refractivity contribution in [2.45, 2.75) is 0 Å². The molecule has 4 N–H and O–H groups in total. The molecule has 0 spiro atoms. The van der Waals surface area contributed by atoms with Gasteiger partial charge in [-0.25, -0.2) is 10.2 Å². The maximum absolute atomic E-state index is 12.9. The van der Waals surface area contributed by atoms with Gasteiger partial charge in [0.2, 0.25) is 0 Å². The summed E-state index contributed by atoms with van der Waals surface area (Å²) in [5.74, 6) is 5.19. The second kappa shape index (κ2) is 4.52. The summed E-state index contributed by atoms with van der Waals surface area (Å²) in [6, 6.07) is 2.55. The zero-order chi connectivity index (χ0) is 10.9. The Hall–Kier alpha value is -0.240. The molecule has 0 bridgehead atoms. The van der Waals surface area contributed by atoms with Gasteiger partial charge < -0.3 is 5.73 Å². The van der Waals surface area contributed by atoms with E-state index in [2.05, 4.69) is 31.9 Å². The minimum atomic E-state index is -0.385. The first-order valence-electron chi connectivity index (χ1n) is 3.42. The number of halogens is 3. The minimum absolute atomic E-state index is 0.00184. The Kier molecular flexibility index (Phi) is 3.82. The molecule has 1 aromatic rings. The Morgan fingerprint density at radius 1 is 1.36 bits per heavy atom. The predicted molar refractivity (Wildman–Crippen MR) is 65.3 cm³/mol. The zero-order valence-electron chi connectivity index (χ0n) is 6.80. The molecule has 0 saturated heterocycles. The lowest BCUT2D eigenvalue weighted by atomic mass is 10.3. The lowest BCUT2D eigenvalue weighted by Gasteiger charge is -2.19. The molecule has 7 heteroatoms. The zero-order valence-corrected chi connectivity index (χ0v) is 10.8. The Bertz CT molecular complexity index is 362. The molecule has 1 rings (SSSR count). The van der Waals surface area contributed by atoms with Crippen molar-refractivity contribution < 1.29 is 4.39 Å². The summed E-state index contributed by atoms with van der Waals surface area (Å²) in [4.78, 5) is 0. The Morgan fingerprint density at radius 3 is 2.14 bits per heavy atom. The minimum Gasteiger partial charge on any atom is -0.375 e. The molecular formula is C7H6Br2FN3S. The van der Waals surface area contributed by atoms with Gasteiger partial charge in [-0.2, -0.15) is 0 Å². The molecule has 0 heterocycles. The van der Waals surface area contributed by atoms with E-state index in [1.165, 1.54) is 12.1 Å². The van der Waals surface area contributed by atoms with Gasteiger partial charge >= 0.3 is 0 Å². The molecule has 0 aliphatic rings. The third-order valence-electron chi connectivity index (χ3n) is 1.46. The monoisotopic (exact) mass is 341 g/mol. The van der Waals surface area contributed by atoms with Crippen molar-refractivity contribution in [1.82, 2.24) is 0 Å². The van der Waals surface area contributed by atoms with Crippen LogP contribution in [0.15, 0.2) is 21.1 Å². The Labute approximate surface area is 102 Å². The molecule has 0 radical (unpaired) electrons. The van der Waals surface area contributed by atoms with Crippen molar-refractivity contribution in [3.05, 3.63) is 26.9 Å². The van der Waals surface area contributed by atoms with E-state index in [0.29, 0.717) is 14.6 Å². The van der Waals surface area contributed by atoms with Crippen LogP contribution < -0.4 is 16.6 Å². The molecular weight excluding hydrogens is 337 g/mol. The van der Waals surface area contributed by atoms with Crippen LogP contribution in [0.25, 0.3) is 0 Å². The molecule has 3 nitrogen and oxygen atoms in total. The highest BCUT2D eigenvalue weighted by Gasteiger charge is 2.14. The van der Waals surface area contributed by atoms with Crippen molar-refractivity contribution >= 4 is 54.9 Å². The molecule has 0 unspecified atom stereocenters. The van der Waals surface area contributed by atoms with Crippen LogP contribution in [0.4, 0.5) is 10.1 Å². The number of hydrogen-bond donors (Lipinski definition) is 2. The fraction of sp³-hybridized carbons (Fsp3) is 0. The Morgan fingerprint density at radius 2 is 1.79 bits per heavy atom. The van der Waals surface area contributed by atoms with E-state index in [1.807, 2.05) is 0 Å². The highest BCUT2D eigenvalue weighted by molar-refractivity contribution is 9.11. The smallest absolute Gasteiger partial charge is 0.185 e. The Balaban J connectivity index is 3.27. The van der Waals surface area contributed by atoms with Gasteiger partial charge in [-0.3, -0.25) is 5.01 Å². The first-order valence-corrected chi connectivity index (χ1v) is 5.41. The number of nitrogens with two attached hydrogens (primary N) is 2. The number of rotatable bonds is 1. The average Bonchev–Trinajstić information content (AvgIpc) is 2.01.